The summed E-state index contributed by atoms with van der Waals surface area (Å²) in [5, 5.41) is 0. The van der Waals surface area contributed by atoms with Crippen molar-refractivity contribution in [1.82, 2.24) is 0 Å². The molecule has 0 spiro atoms. The summed E-state index contributed by atoms with van der Waals surface area (Å²) in [6.45, 7) is 10.8. The SMILES string of the molecule is CC(C)Cc1cccc(OCCOCCCl)c1CC(C)C. The number of alkyl halides is 1. The lowest BCUT2D eigenvalue weighted by atomic mass is 9.92. The monoisotopic (exact) mass is 312 g/mol. The summed E-state index contributed by atoms with van der Waals surface area (Å²) < 4.78 is 11.3. The maximum atomic E-state index is 5.94. The highest BCUT2D eigenvalue weighted by atomic mass is 35.5. The lowest BCUT2D eigenvalue weighted by Gasteiger charge is -2.18. The zero-order valence-corrected chi connectivity index (χ0v) is 14.6. The van der Waals surface area contributed by atoms with E-state index in [1.807, 2.05) is 0 Å². The fraction of sp³-hybridized carbons (Fsp3) is 0.667. The third kappa shape index (κ3) is 7.19. The van der Waals surface area contributed by atoms with Gasteiger partial charge in [-0.1, -0.05) is 39.8 Å². The summed E-state index contributed by atoms with van der Waals surface area (Å²) in [7, 11) is 0. The second kappa shape index (κ2) is 10.1. The Hall–Kier alpha value is -0.730. The normalized spacial score (nSPS) is 11.4. The topological polar surface area (TPSA) is 18.5 Å². The molecule has 2 nitrogen and oxygen atoms in total. The average molecular weight is 313 g/mol. The zero-order valence-electron chi connectivity index (χ0n) is 13.8. The predicted octanol–water partition coefficient (Wildman–Crippen LogP) is 4.72. The summed E-state index contributed by atoms with van der Waals surface area (Å²) in [4.78, 5) is 0. The molecular weight excluding hydrogens is 284 g/mol. The molecule has 0 atom stereocenters. The Morgan fingerprint density at radius 3 is 2.29 bits per heavy atom. The quantitative estimate of drug-likeness (QED) is 0.460. The highest BCUT2D eigenvalue weighted by Crippen LogP contribution is 2.27. The molecule has 0 saturated carbocycles. The molecule has 0 unspecified atom stereocenters. The molecule has 0 aliphatic carbocycles. The summed E-state index contributed by atoms with van der Waals surface area (Å²) >= 11 is 5.58. The predicted molar refractivity (Wildman–Crippen MR) is 90.6 cm³/mol. The first kappa shape index (κ1) is 18.3. The number of ether oxygens (including phenoxy) is 2. The Morgan fingerprint density at radius 2 is 1.67 bits per heavy atom. The number of hydrogen-bond donors (Lipinski definition) is 0. The number of hydrogen-bond acceptors (Lipinski definition) is 2. The van der Waals surface area contributed by atoms with Gasteiger partial charge in [0.2, 0.25) is 0 Å². The third-order valence-electron chi connectivity index (χ3n) is 3.18. The number of rotatable bonds is 10. The Labute approximate surface area is 134 Å². The molecule has 0 fully saturated rings. The largest absolute Gasteiger partial charge is 0.491 e. The van der Waals surface area contributed by atoms with Crippen molar-refractivity contribution in [2.75, 3.05) is 25.7 Å². The van der Waals surface area contributed by atoms with Crippen LogP contribution in [0, 0.1) is 11.8 Å². The molecule has 0 amide bonds. The molecule has 0 radical (unpaired) electrons. The van der Waals surface area contributed by atoms with Crippen molar-refractivity contribution in [1.29, 1.82) is 0 Å². The van der Waals surface area contributed by atoms with Crippen molar-refractivity contribution in [2.24, 2.45) is 11.8 Å². The molecule has 3 heteroatoms. The fourth-order valence-electron chi connectivity index (χ4n) is 2.38. The summed E-state index contributed by atoms with van der Waals surface area (Å²) in [5.74, 6) is 2.81. The molecule has 0 bridgehead atoms. The van der Waals surface area contributed by atoms with E-state index in [0.717, 1.165) is 18.6 Å². The van der Waals surface area contributed by atoms with E-state index >= 15 is 0 Å². The molecule has 0 aliphatic rings. The molecule has 1 rings (SSSR count). The van der Waals surface area contributed by atoms with E-state index in [1.54, 1.807) is 0 Å². The first-order chi connectivity index (χ1) is 10.0. The summed E-state index contributed by atoms with van der Waals surface area (Å²) in [6, 6.07) is 6.40. The molecule has 120 valence electrons. The zero-order chi connectivity index (χ0) is 15.7. The van der Waals surface area contributed by atoms with Crippen LogP contribution in [0.25, 0.3) is 0 Å². The van der Waals surface area contributed by atoms with Crippen LogP contribution in [0.2, 0.25) is 0 Å². The van der Waals surface area contributed by atoms with Gasteiger partial charge in [-0.3, -0.25) is 0 Å². The van der Waals surface area contributed by atoms with Gasteiger partial charge in [-0.15, -0.1) is 11.6 Å². The molecular formula is C18H29ClO2. The van der Waals surface area contributed by atoms with Crippen LogP contribution in [0.5, 0.6) is 5.75 Å². The van der Waals surface area contributed by atoms with Gasteiger partial charge in [0.05, 0.1) is 13.2 Å². The van der Waals surface area contributed by atoms with Gasteiger partial charge in [0, 0.05) is 5.88 Å². The molecule has 0 saturated heterocycles. The minimum Gasteiger partial charge on any atom is -0.491 e. The molecule has 0 heterocycles. The van der Waals surface area contributed by atoms with Gasteiger partial charge >= 0.3 is 0 Å². The Morgan fingerprint density at radius 1 is 0.952 bits per heavy atom. The highest BCUT2D eigenvalue weighted by Gasteiger charge is 2.12. The van der Waals surface area contributed by atoms with Crippen molar-refractivity contribution in [3.8, 4) is 5.75 Å². The van der Waals surface area contributed by atoms with Gasteiger partial charge < -0.3 is 9.47 Å². The van der Waals surface area contributed by atoms with Crippen LogP contribution in [-0.2, 0) is 17.6 Å². The van der Waals surface area contributed by atoms with Crippen LogP contribution in [0.15, 0.2) is 18.2 Å². The third-order valence-corrected chi connectivity index (χ3v) is 3.33. The maximum absolute atomic E-state index is 5.94. The summed E-state index contributed by atoms with van der Waals surface area (Å²) in [6.07, 6.45) is 2.16. The first-order valence-electron chi connectivity index (χ1n) is 7.91. The molecule has 1 aromatic rings. The smallest absolute Gasteiger partial charge is 0.122 e. The Bertz CT molecular complexity index is 402. The van der Waals surface area contributed by atoms with E-state index in [-0.39, 0.29) is 0 Å². The highest BCUT2D eigenvalue weighted by molar-refractivity contribution is 6.17. The number of benzene rings is 1. The minimum absolute atomic E-state index is 0.530. The molecule has 21 heavy (non-hydrogen) atoms. The van der Waals surface area contributed by atoms with Gasteiger partial charge in [0.15, 0.2) is 0 Å². The second-order valence-electron chi connectivity index (χ2n) is 6.24. The van der Waals surface area contributed by atoms with E-state index in [2.05, 4.69) is 45.9 Å². The van der Waals surface area contributed by atoms with Crippen molar-refractivity contribution < 1.29 is 9.47 Å². The van der Waals surface area contributed by atoms with E-state index in [9.17, 15) is 0 Å². The Kier molecular flexibility index (Phi) is 8.79. The standard InChI is InChI=1S/C18H29ClO2/c1-14(2)12-16-6-5-7-18(17(16)13-15(3)4)21-11-10-20-9-8-19/h5-7,14-15H,8-13H2,1-4H3. The molecule has 0 N–H and O–H groups in total. The summed E-state index contributed by atoms with van der Waals surface area (Å²) in [5.41, 5.74) is 2.77. The van der Waals surface area contributed by atoms with Gasteiger partial charge in [-0.25, -0.2) is 0 Å². The first-order valence-corrected chi connectivity index (χ1v) is 8.45. The van der Waals surface area contributed by atoms with E-state index in [1.165, 1.54) is 11.1 Å². The van der Waals surface area contributed by atoms with Crippen LogP contribution in [0.4, 0.5) is 0 Å². The van der Waals surface area contributed by atoms with Crippen molar-refractivity contribution in [3.63, 3.8) is 0 Å². The van der Waals surface area contributed by atoms with Crippen LogP contribution < -0.4 is 4.74 Å². The van der Waals surface area contributed by atoms with E-state index < -0.39 is 0 Å². The fourth-order valence-corrected chi connectivity index (χ4v) is 2.49. The van der Waals surface area contributed by atoms with Gasteiger partial charge in [-0.2, -0.15) is 0 Å². The molecule has 0 aliphatic heterocycles. The average Bonchev–Trinajstić information content (AvgIpc) is 2.40. The lowest BCUT2D eigenvalue weighted by molar-refractivity contribution is 0.111. The minimum atomic E-state index is 0.530. The van der Waals surface area contributed by atoms with Crippen LogP contribution in [-0.4, -0.2) is 25.7 Å². The van der Waals surface area contributed by atoms with Crippen LogP contribution in [0.3, 0.4) is 0 Å². The van der Waals surface area contributed by atoms with Crippen molar-refractivity contribution in [3.05, 3.63) is 29.3 Å². The van der Waals surface area contributed by atoms with Crippen molar-refractivity contribution >= 4 is 11.6 Å². The van der Waals surface area contributed by atoms with Crippen molar-refractivity contribution in [2.45, 2.75) is 40.5 Å². The van der Waals surface area contributed by atoms with E-state index in [4.69, 9.17) is 21.1 Å². The van der Waals surface area contributed by atoms with Crippen LogP contribution >= 0.6 is 11.6 Å². The molecule has 1 aromatic carbocycles. The molecule has 0 aromatic heterocycles. The van der Waals surface area contributed by atoms with Gasteiger partial charge in [0.25, 0.3) is 0 Å². The maximum Gasteiger partial charge on any atom is 0.122 e. The lowest BCUT2D eigenvalue weighted by Crippen LogP contribution is -2.11. The van der Waals surface area contributed by atoms with Gasteiger partial charge in [0.1, 0.15) is 12.4 Å². The number of halogens is 1. The Balaban J connectivity index is 2.75. The van der Waals surface area contributed by atoms with Gasteiger partial charge in [-0.05, 0) is 41.9 Å². The van der Waals surface area contributed by atoms with Crippen LogP contribution in [0.1, 0.15) is 38.8 Å². The van der Waals surface area contributed by atoms with E-state index in [0.29, 0.717) is 37.5 Å². The second-order valence-corrected chi connectivity index (χ2v) is 6.62.